The lowest BCUT2D eigenvalue weighted by Crippen LogP contribution is -2.35. The zero-order valence-electron chi connectivity index (χ0n) is 15.0. The van der Waals surface area contributed by atoms with Crippen molar-refractivity contribution in [3.63, 3.8) is 0 Å². The van der Waals surface area contributed by atoms with E-state index in [9.17, 15) is 9.59 Å². The number of carbonyl (C=O) groups is 2. The van der Waals surface area contributed by atoms with E-state index in [2.05, 4.69) is 15.7 Å². The van der Waals surface area contributed by atoms with E-state index < -0.39 is 6.04 Å². The first kappa shape index (κ1) is 18.1. The average Bonchev–Trinajstić information content (AvgIpc) is 3.13. The minimum atomic E-state index is -0.751. The Morgan fingerprint density at radius 2 is 2.04 bits per heavy atom. The normalized spacial score (nSPS) is 15.5. The molecule has 2 N–H and O–H groups in total. The number of hydrogen-bond acceptors (Lipinski definition) is 4. The van der Waals surface area contributed by atoms with Crippen molar-refractivity contribution < 1.29 is 14.3 Å². The molecule has 1 atom stereocenters. The predicted molar refractivity (Wildman–Crippen MR) is 107 cm³/mol. The quantitative estimate of drug-likeness (QED) is 0.703. The number of amides is 2. The van der Waals surface area contributed by atoms with Gasteiger partial charge >= 0.3 is 0 Å². The first-order valence-corrected chi connectivity index (χ1v) is 9.01. The number of fused-ring (bicyclic) bond motifs is 1. The van der Waals surface area contributed by atoms with Crippen molar-refractivity contribution >= 4 is 34.9 Å². The van der Waals surface area contributed by atoms with Crippen molar-refractivity contribution in [3.05, 3.63) is 59.6 Å². The number of aromatic nitrogens is 2. The van der Waals surface area contributed by atoms with Gasteiger partial charge < -0.3 is 15.4 Å². The van der Waals surface area contributed by atoms with E-state index in [-0.39, 0.29) is 18.2 Å². The third-order valence-corrected chi connectivity index (χ3v) is 4.71. The molecule has 0 fully saturated rings. The summed E-state index contributed by atoms with van der Waals surface area (Å²) in [5.74, 6) is 0.620. The van der Waals surface area contributed by atoms with Crippen molar-refractivity contribution in [2.24, 2.45) is 0 Å². The van der Waals surface area contributed by atoms with Crippen LogP contribution in [0.5, 0.6) is 5.75 Å². The molecule has 2 heterocycles. The van der Waals surface area contributed by atoms with Crippen LogP contribution in [0, 0.1) is 0 Å². The lowest BCUT2D eigenvalue weighted by Gasteiger charge is -2.23. The highest BCUT2D eigenvalue weighted by molar-refractivity contribution is 6.30. The van der Waals surface area contributed by atoms with Gasteiger partial charge in [0.05, 0.1) is 19.2 Å². The van der Waals surface area contributed by atoms with Crippen LogP contribution in [0.4, 0.5) is 11.5 Å². The Morgan fingerprint density at radius 1 is 1.25 bits per heavy atom. The van der Waals surface area contributed by atoms with Crippen LogP contribution in [0.15, 0.2) is 54.6 Å². The maximum absolute atomic E-state index is 12.8. The van der Waals surface area contributed by atoms with Gasteiger partial charge in [-0.05, 0) is 36.4 Å². The Hall–Kier alpha value is -3.32. The number of carbonyl (C=O) groups excluding carboxylic acids is 2. The number of methoxy groups -OCH3 is 1. The molecule has 1 aliphatic heterocycles. The van der Waals surface area contributed by atoms with E-state index in [1.807, 2.05) is 24.3 Å². The Bertz CT molecular complexity index is 1050. The SMILES string of the molecule is COc1cccc(-c2cc3n(n2)[C@H](C(=O)Nc2ccc(Cl)cc2)CC(=O)N3)c1. The second-order valence-electron chi connectivity index (χ2n) is 6.36. The maximum Gasteiger partial charge on any atom is 0.249 e. The van der Waals surface area contributed by atoms with Crippen molar-refractivity contribution in [3.8, 4) is 17.0 Å². The van der Waals surface area contributed by atoms with E-state index in [4.69, 9.17) is 16.3 Å². The second-order valence-corrected chi connectivity index (χ2v) is 6.79. The summed E-state index contributed by atoms with van der Waals surface area (Å²) in [5.41, 5.74) is 2.06. The molecule has 0 spiro atoms. The summed E-state index contributed by atoms with van der Waals surface area (Å²) in [4.78, 5) is 24.9. The Kier molecular flexibility index (Phi) is 4.75. The van der Waals surface area contributed by atoms with Gasteiger partial charge in [-0.25, -0.2) is 4.68 Å². The van der Waals surface area contributed by atoms with Crippen LogP contribution >= 0.6 is 11.6 Å². The van der Waals surface area contributed by atoms with E-state index in [1.54, 1.807) is 42.1 Å². The topological polar surface area (TPSA) is 85.2 Å². The highest BCUT2D eigenvalue weighted by Gasteiger charge is 2.32. The molecule has 142 valence electrons. The first-order valence-electron chi connectivity index (χ1n) is 8.64. The molecule has 8 heteroatoms. The molecule has 0 unspecified atom stereocenters. The summed E-state index contributed by atoms with van der Waals surface area (Å²) in [6.45, 7) is 0. The number of hydrogen-bond donors (Lipinski definition) is 2. The van der Waals surface area contributed by atoms with Gasteiger partial charge in [0.25, 0.3) is 0 Å². The highest BCUT2D eigenvalue weighted by atomic mass is 35.5. The van der Waals surface area contributed by atoms with Crippen LogP contribution in [-0.2, 0) is 9.59 Å². The molecule has 0 radical (unpaired) electrons. The molecule has 0 bridgehead atoms. The van der Waals surface area contributed by atoms with Gasteiger partial charge in [-0.15, -0.1) is 0 Å². The largest absolute Gasteiger partial charge is 0.497 e. The molecule has 7 nitrogen and oxygen atoms in total. The van der Waals surface area contributed by atoms with Crippen molar-refractivity contribution in [2.45, 2.75) is 12.5 Å². The molecule has 3 aromatic rings. The van der Waals surface area contributed by atoms with Crippen LogP contribution in [0.2, 0.25) is 5.02 Å². The van der Waals surface area contributed by atoms with Gasteiger partial charge in [0.1, 0.15) is 17.6 Å². The van der Waals surface area contributed by atoms with Gasteiger partial charge in [0.2, 0.25) is 11.8 Å². The fourth-order valence-electron chi connectivity index (χ4n) is 3.07. The third kappa shape index (κ3) is 3.57. The lowest BCUT2D eigenvalue weighted by molar-refractivity contribution is -0.125. The van der Waals surface area contributed by atoms with Gasteiger partial charge in [0, 0.05) is 22.3 Å². The number of ether oxygens (including phenoxy) is 1. The molecule has 2 amide bonds. The maximum atomic E-state index is 12.8. The van der Waals surface area contributed by atoms with Crippen LogP contribution in [0.3, 0.4) is 0 Å². The van der Waals surface area contributed by atoms with Crippen LogP contribution in [0.25, 0.3) is 11.3 Å². The fraction of sp³-hybridized carbons (Fsp3) is 0.150. The molecule has 4 rings (SSSR count). The van der Waals surface area contributed by atoms with Gasteiger partial charge in [-0.3, -0.25) is 9.59 Å². The molecule has 2 aromatic carbocycles. The van der Waals surface area contributed by atoms with Gasteiger partial charge in [-0.1, -0.05) is 23.7 Å². The minimum Gasteiger partial charge on any atom is -0.497 e. The molecule has 0 saturated heterocycles. The summed E-state index contributed by atoms with van der Waals surface area (Å²) in [6, 6.07) is 15.2. The number of halogens is 1. The zero-order valence-corrected chi connectivity index (χ0v) is 15.7. The van der Waals surface area contributed by atoms with Crippen LogP contribution in [0.1, 0.15) is 12.5 Å². The summed E-state index contributed by atoms with van der Waals surface area (Å²) in [5, 5.41) is 10.7. The summed E-state index contributed by atoms with van der Waals surface area (Å²) < 4.78 is 6.79. The molecule has 0 saturated carbocycles. The lowest BCUT2D eigenvalue weighted by atomic mass is 10.1. The van der Waals surface area contributed by atoms with E-state index in [1.165, 1.54) is 0 Å². The number of anilines is 2. The third-order valence-electron chi connectivity index (χ3n) is 4.46. The van der Waals surface area contributed by atoms with Crippen molar-refractivity contribution in [2.75, 3.05) is 17.7 Å². The minimum absolute atomic E-state index is 0.00561. The molecular formula is C20H17ClN4O3. The van der Waals surface area contributed by atoms with Gasteiger partial charge in [-0.2, -0.15) is 5.10 Å². The van der Waals surface area contributed by atoms with Crippen LogP contribution in [-0.4, -0.2) is 28.7 Å². The Balaban J connectivity index is 1.64. The molecule has 1 aromatic heterocycles. The summed E-state index contributed by atoms with van der Waals surface area (Å²) >= 11 is 5.88. The number of benzene rings is 2. The van der Waals surface area contributed by atoms with E-state index in [0.717, 1.165) is 5.56 Å². The highest BCUT2D eigenvalue weighted by Crippen LogP contribution is 2.31. The first-order chi connectivity index (χ1) is 13.5. The zero-order chi connectivity index (χ0) is 19.7. The van der Waals surface area contributed by atoms with Crippen LogP contribution < -0.4 is 15.4 Å². The Labute approximate surface area is 166 Å². The molecule has 1 aliphatic rings. The molecule has 28 heavy (non-hydrogen) atoms. The smallest absolute Gasteiger partial charge is 0.249 e. The van der Waals surface area contributed by atoms with Crippen molar-refractivity contribution in [1.82, 2.24) is 9.78 Å². The number of nitrogens with one attached hydrogen (secondary N) is 2. The summed E-state index contributed by atoms with van der Waals surface area (Å²) in [6.07, 6.45) is 0.00561. The van der Waals surface area contributed by atoms with E-state index in [0.29, 0.717) is 28.0 Å². The van der Waals surface area contributed by atoms with Gasteiger partial charge in [0.15, 0.2) is 0 Å². The standard InChI is InChI=1S/C20H17ClN4O3/c1-28-15-4-2-3-12(9-15)16-10-18-23-19(26)11-17(25(18)24-16)20(27)22-14-7-5-13(21)6-8-14/h2-10,17H,11H2,1H3,(H,22,27)(H,23,26)/t17-/m0/s1. The monoisotopic (exact) mass is 396 g/mol. The van der Waals surface area contributed by atoms with E-state index >= 15 is 0 Å². The molecular weight excluding hydrogens is 380 g/mol. The average molecular weight is 397 g/mol. The number of rotatable bonds is 4. The number of nitrogens with zero attached hydrogens (tertiary/aromatic N) is 2. The Morgan fingerprint density at radius 3 is 2.79 bits per heavy atom. The second kappa shape index (κ2) is 7.36. The van der Waals surface area contributed by atoms with Crippen molar-refractivity contribution in [1.29, 1.82) is 0 Å². The summed E-state index contributed by atoms with van der Waals surface area (Å²) in [7, 11) is 1.59. The fourth-order valence-corrected chi connectivity index (χ4v) is 3.19. The predicted octanol–water partition coefficient (Wildman–Crippen LogP) is 3.73. The molecule has 0 aliphatic carbocycles.